The van der Waals surface area contributed by atoms with Crippen molar-refractivity contribution in [1.29, 1.82) is 0 Å². The Morgan fingerprint density at radius 3 is 2.17 bits per heavy atom. The van der Waals surface area contributed by atoms with Crippen molar-refractivity contribution >= 4 is 23.6 Å². The topological polar surface area (TPSA) is 67.4 Å². The highest BCUT2D eigenvalue weighted by atomic mass is 32.2. The fourth-order valence-corrected chi connectivity index (χ4v) is 3.44. The lowest BCUT2D eigenvalue weighted by molar-refractivity contribution is -0.130. The summed E-state index contributed by atoms with van der Waals surface area (Å²) in [4.78, 5) is 25.2. The predicted molar refractivity (Wildman–Crippen MR) is 124 cm³/mol. The van der Waals surface area contributed by atoms with Crippen molar-refractivity contribution in [3.8, 4) is 5.75 Å². The van der Waals surface area contributed by atoms with Crippen LogP contribution < -0.4 is 15.4 Å². The molecule has 162 valence electrons. The summed E-state index contributed by atoms with van der Waals surface area (Å²) in [6, 6.07) is 16.7. The van der Waals surface area contributed by atoms with Crippen LogP contribution in [-0.2, 0) is 9.59 Å². The Morgan fingerprint density at radius 1 is 0.933 bits per heavy atom. The second-order valence-corrected chi connectivity index (χ2v) is 8.54. The molecule has 5 nitrogen and oxygen atoms in total. The summed E-state index contributed by atoms with van der Waals surface area (Å²) in [5.74, 6) is 1.37. The van der Waals surface area contributed by atoms with Gasteiger partial charge in [0.1, 0.15) is 11.8 Å². The van der Waals surface area contributed by atoms with Gasteiger partial charge in [0.15, 0.2) is 6.61 Å². The van der Waals surface area contributed by atoms with Gasteiger partial charge in [0.05, 0.1) is 6.04 Å². The molecule has 2 amide bonds. The third kappa shape index (κ3) is 7.75. The van der Waals surface area contributed by atoms with Crippen LogP contribution in [-0.4, -0.2) is 36.5 Å². The molecule has 6 heteroatoms. The number of rotatable bonds is 11. The number of thioether (sulfide) groups is 1. The fraction of sp³-hybridized carbons (Fsp3) is 0.417. The molecule has 30 heavy (non-hydrogen) atoms. The van der Waals surface area contributed by atoms with Crippen molar-refractivity contribution < 1.29 is 14.3 Å². The lowest BCUT2D eigenvalue weighted by atomic mass is 9.99. The Labute approximate surface area is 184 Å². The van der Waals surface area contributed by atoms with Crippen molar-refractivity contribution in [3.63, 3.8) is 0 Å². The average Bonchev–Trinajstić information content (AvgIpc) is 2.75. The van der Waals surface area contributed by atoms with E-state index in [1.165, 1.54) is 5.56 Å². The zero-order valence-electron chi connectivity index (χ0n) is 18.2. The van der Waals surface area contributed by atoms with E-state index in [2.05, 4.69) is 36.6 Å². The van der Waals surface area contributed by atoms with Gasteiger partial charge >= 0.3 is 0 Å². The highest BCUT2D eigenvalue weighted by Crippen LogP contribution is 2.19. The first-order valence-corrected chi connectivity index (χ1v) is 11.7. The lowest BCUT2D eigenvalue weighted by Gasteiger charge is -2.22. The third-order valence-corrected chi connectivity index (χ3v) is 5.48. The maximum Gasteiger partial charge on any atom is 0.258 e. The van der Waals surface area contributed by atoms with Crippen LogP contribution in [0.25, 0.3) is 0 Å². The first-order chi connectivity index (χ1) is 14.4. The van der Waals surface area contributed by atoms with E-state index >= 15 is 0 Å². The summed E-state index contributed by atoms with van der Waals surface area (Å²) in [6.07, 6.45) is 2.54. The summed E-state index contributed by atoms with van der Waals surface area (Å²) in [5, 5.41) is 5.84. The molecule has 0 heterocycles. The van der Waals surface area contributed by atoms with Crippen LogP contribution in [0.1, 0.15) is 50.3 Å². The molecule has 0 aliphatic rings. The maximum absolute atomic E-state index is 12.8. The van der Waals surface area contributed by atoms with Gasteiger partial charge < -0.3 is 15.4 Å². The van der Waals surface area contributed by atoms with E-state index in [4.69, 9.17) is 4.74 Å². The second-order valence-electron chi connectivity index (χ2n) is 7.55. The van der Waals surface area contributed by atoms with Crippen molar-refractivity contribution in [1.82, 2.24) is 10.6 Å². The monoisotopic (exact) mass is 428 g/mol. The van der Waals surface area contributed by atoms with E-state index in [-0.39, 0.29) is 24.5 Å². The van der Waals surface area contributed by atoms with Crippen molar-refractivity contribution in [2.24, 2.45) is 0 Å². The Balaban J connectivity index is 1.93. The number of amides is 2. The van der Waals surface area contributed by atoms with E-state index in [9.17, 15) is 9.59 Å². The van der Waals surface area contributed by atoms with Gasteiger partial charge in [0.2, 0.25) is 5.91 Å². The van der Waals surface area contributed by atoms with Crippen LogP contribution in [0.15, 0.2) is 54.6 Å². The Bertz CT molecular complexity index is 794. The molecule has 2 N–H and O–H groups in total. The Kier molecular flexibility index (Phi) is 9.74. The second kappa shape index (κ2) is 12.3. The molecule has 0 radical (unpaired) electrons. The number of benzene rings is 2. The Hall–Kier alpha value is -2.47. The summed E-state index contributed by atoms with van der Waals surface area (Å²) in [5.41, 5.74) is 2.30. The molecule has 0 saturated heterocycles. The maximum atomic E-state index is 12.8. The van der Waals surface area contributed by atoms with Gasteiger partial charge in [0, 0.05) is 0 Å². The number of hydrogen-bond donors (Lipinski definition) is 2. The van der Waals surface area contributed by atoms with Gasteiger partial charge in [-0.15, -0.1) is 0 Å². The quantitative estimate of drug-likeness (QED) is 0.560. The molecule has 0 aromatic heterocycles. The molecule has 0 aliphatic carbocycles. The Morgan fingerprint density at radius 2 is 1.57 bits per heavy atom. The minimum Gasteiger partial charge on any atom is -0.484 e. The van der Waals surface area contributed by atoms with Gasteiger partial charge in [0.25, 0.3) is 5.91 Å². The van der Waals surface area contributed by atoms with Crippen LogP contribution in [0.3, 0.4) is 0 Å². The molecule has 2 atom stereocenters. The fourth-order valence-electron chi connectivity index (χ4n) is 2.97. The number of hydrogen-bond acceptors (Lipinski definition) is 4. The third-order valence-electron chi connectivity index (χ3n) is 4.84. The molecule has 2 rings (SSSR count). The molecule has 0 saturated carbocycles. The largest absolute Gasteiger partial charge is 0.484 e. The zero-order chi connectivity index (χ0) is 21.9. The molecule has 2 aromatic rings. The average molecular weight is 429 g/mol. The first kappa shape index (κ1) is 23.8. The minimum absolute atomic E-state index is 0.126. The number of carbonyl (C=O) groups is 2. The minimum atomic E-state index is -0.596. The number of carbonyl (C=O) groups excluding carboxylic acids is 2. The molecule has 2 unspecified atom stereocenters. The predicted octanol–water partition coefficient (Wildman–Crippen LogP) is 4.30. The normalized spacial score (nSPS) is 12.8. The summed E-state index contributed by atoms with van der Waals surface area (Å²) in [6.45, 7) is 6.13. The highest BCUT2D eigenvalue weighted by Gasteiger charge is 2.22. The SMILES string of the molecule is CSCCC(NC(=O)COc1ccccc1)C(=O)NC(C)c1ccc(C(C)C)cc1. The van der Waals surface area contributed by atoms with Crippen molar-refractivity contribution in [2.75, 3.05) is 18.6 Å². The number of nitrogens with one attached hydrogen (secondary N) is 2. The van der Waals surface area contributed by atoms with Crippen molar-refractivity contribution in [2.45, 2.75) is 45.2 Å². The standard InChI is InChI=1S/C24H32N2O3S/c1-17(2)19-10-12-20(13-11-19)18(3)25-24(28)22(14-15-30-4)26-23(27)16-29-21-8-6-5-7-9-21/h5-13,17-18,22H,14-16H2,1-4H3,(H,25,28)(H,26,27). The van der Waals surface area contributed by atoms with Gasteiger partial charge in [-0.1, -0.05) is 56.3 Å². The summed E-state index contributed by atoms with van der Waals surface area (Å²) in [7, 11) is 0. The van der Waals surface area contributed by atoms with Gasteiger partial charge in [-0.25, -0.2) is 0 Å². The van der Waals surface area contributed by atoms with Gasteiger partial charge in [-0.2, -0.15) is 11.8 Å². The first-order valence-electron chi connectivity index (χ1n) is 10.3. The highest BCUT2D eigenvalue weighted by molar-refractivity contribution is 7.98. The molecule has 0 bridgehead atoms. The number of para-hydroxylation sites is 1. The zero-order valence-corrected chi connectivity index (χ0v) is 19.0. The van der Waals surface area contributed by atoms with Crippen molar-refractivity contribution in [3.05, 3.63) is 65.7 Å². The summed E-state index contributed by atoms with van der Waals surface area (Å²) >= 11 is 1.64. The molecular weight excluding hydrogens is 396 g/mol. The van der Waals surface area contributed by atoms with E-state index < -0.39 is 6.04 Å². The smallest absolute Gasteiger partial charge is 0.258 e. The van der Waals surface area contributed by atoms with Crippen LogP contribution in [0.2, 0.25) is 0 Å². The van der Waals surface area contributed by atoms with Gasteiger partial charge in [-0.3, -0.25) is 9.59 Å². The van der Waals surface area contributed by atoms with Crippen LogP contribution in [0.4, 0.5) is 0 Å². The molecule has 0 fully saturated rings. The van der Waals surface area contributed by atoms with Crippen LogP contribution >= 0.6 is 11.8 Å². The molecule has 2 aromatic carbocycles. The van der Waals surface area contributed by atoms with Crippen LogP contribution in [0.5, 0.6) is 5.75 Å². The molecule has 0 aliphatic heterocycles. The van der Waals surface area contributed by atoms with E-state index in [1.807, 2.05) is 43.5 Å². The van der Waals surface area contributed by atoms with E-state index in [1.54, 1.807) is 23.9 Å². The van der Waals surface area contributed by atoms with Gasteiger partial charge in [-0.05, 0) is 54.5 Å². The van der Waals surface area contributed by atoms with Crippen LogP contribution in [0, 0.1) is 0 Å². The van der Waals surface area contributed by atoms with E-state index in [0.717, 1.165) is 11.3 Å². The summed E-state index contributed by atoms with van der Waals surface area (Å²) < 4.78 is 5.48. The number of ether oxygens (including phenoxy) is 1. The van der Waals surface area contributed by atoms with E-state index in [0.29, 0.717) is 18.1 Å². The lowest BCUT2D eigenvalue weighted by Crippen LogP contribution is -2.48. The molecular formula is C24H32N2O3S. The molecule has 0 spiro atoms.